The van der Waals surface area contributed by atoms with Gasteiger partial charge in [0.25, 0.3) is 0 Å². The molecule has 6 nitrogen and oxygen atoms in total. The number of nitrogens with zero attached hydrogens (tertiary/aromatic N) is 3. The van der Waals surface area contributed by atoms with E-state index in [0.29, 0.717) is 11.5 Å². The summed E-state index contributed by atoms with van der Waals surface area (Å²) in [6.45, 7) is 1.88. The Morgan fingerprint density at radius 1 is 1.44 bits per heavy atom. The number of carbonyl (C=O) groups is 1. The van der Waals surface area contributed by atoms with Crippen molar-refractivity contribution in [3.63, 3.8) is 0 Å². The van der Waals surface area contributed by atoms with Crippen LogP contribution >= 0.6 is 0 Å². The number of rotatable bonds is 4. The number of imidazole rings is 1. The van der Waals surface area contributed by atoms with Crippen LogP contribution in [0.4, 0.5) is 5.69 Å². The number of carbonyl (C=O) groups excluding carboxylic acids is 1. The van der Waals surface area contributed by atoms with Crippen molar-refractivity contribution < 1.29 is 9.53 Å². The van der Waals surface area contributed by atoms with Crippen LogP contribution in [0.3, 0.4) is 0 Å². The molecule has 0 aromatic carbocycles. The van der Waals surface area contributed by atoms with E-state index in [2.05, 4.69) is 15.3 Å². The molecule has 2 heterocycles. The van der Waals surface area contributed by atoms with E-state index in [0.717, 1.165) is 5.82 Å². The van der Waals surface area contributed by atoms with Gasteiger partial charge in [0.2, 0.25) is 5.91 Å². The molecule has 94 valence electrons. The van der Waals surface area contributed by atoms with Gasteiger partial charge in [-0.3, -0.25) is 9.36 Å². The Bertz CT molecular complexity index is 551. The van der Waals surface area contributed by atoms with E-state index in [1.807, 2.05) is 11.5 Å². The molecule has 0 spiro atoms. The molecule has 0 aliphatic heterocycles. The monoisotopic (exact) mass is 246 g/mol. The van der Waals surface area contributed by atoms with Gasteiger partial charge in [0, 0.05) is 25.7 Å². The smallest absolute Gasteiger partial charge is 0.250 e. The van der Waals surface area contributed by atoms with Gasteiger partial charge in [0.05, 0.1) is 5.69 Å². The molecule has 0 saturated heterocycles. The van der Waals surface area contributed by atoms with E-state index in [1.54, 1.807) is 30.7 Å². The largest absolute Gasteiger partial charge is 0.375 e. The molecule has 0 aliphatic rings. The van der Waals surface area contributed by atoms with E-state index >= 15 is 0 Å². The van der Waals surface area contributed by atoms with Gasteiger partial charge in [-0.1, -0.05) is 0 Å². The predicted molar refractivity (Wildman–Crippen MR) is 66.6 cm³/mol. The highest BCUT2D eigenvalue weighted by Crippen LogP contribution is 2.18. The van der Waals surface area contributed by atoms with Crippen LogP contribution in [0, 0.1) is 6.92 Å². The van der Waals surface area contributed by atoms with Crippen LogP contribution in [-0.2, 0) is 9.53 Å². The van der Waals surface area contributed by atoms with Crippen molar-refractivity contribution in [1.82, 2.24) is 14.5 Å². The minimum absolute atomic E-state index is 0.0112. The minimum Gasteiger partial charge on any atom is -0.375 e. The van der Waals surface area contributed by atoms with Crippen molar-refractivity contribution >= 4 is 11.6 Å². The van der Waals surface area contributed by atoms with E-state index in [1.165, 1.54) is 7.11 Å². The molecule has 0 unspecified atom stereocenters. The Kier molecular flexibility index (Phi) is 3.69. The number of nitrogens with one attached hydrogen (secondary N) is 1. The fourth-order valence-electron chi connectivity index (χ4n) is 1.61. The highest BCUT2D eigenvalue weighted by atomic mass is 16.5. The number of pyridine rings is 1. The molecule has 0 radical (unpaired) electrons. The maximum Gasteiger partial charge on any atom is 0.250 e. The van der Waals surface area contributed by atoms with Crippen LogP contribution in [0.2, 0.25) is 0 Å². The molecule has 2 aromatic heterocycles. The predicted octanol–water partition coefficient (Wildman–Crippen LogP) is 1.16. The first kappa shape index (κ1) is 12.3. The average molecular weight is 246 g/mol. The first-order chi connectivity index (χ1) is 8.72. The maximum absolute atomic E-state index is 11.5. The lowest BCUT2D eigenvalue weighted by Gasteiger charge is -2.11. The summed E-state index contributed by atoms with van der Waals surface area (Å²) in [5.41, 5.74) is 0.626. The van der Waals surface area contributed by atoms with Crippen LogP contribution in [0.15, 0.2) is 30.7 Å². The number of aryl methyl sites for hydroxylation is 1. The number of methoxy groups -OCH3 is 1. The van der Waals surface area contributed by atoms with Crippen LogP contribution in [0.25, 0.3) is 5.82 Å². The Labute approximate surface area is 105 Å². The number of hydrogen-bond acceptors (Lipinski definition) is 4. The van der Waals surface area contributed by atoms with E-state index in [-0.39, 0.29) is 12.5 Å². The second-order valence-corrected chi connectivity index (χ2v) is 3.70. The molecule has 0 bridgehead atoms. The topological polar surface area (TPSA) is 69.0 Å². The third-order valence-corrected chi connectivity index (χ3v) is 2.39. The molecule has 2 aromatic rings. The molecule has 0 saturated carbocycles. The second kappa shape index (κ2) is 5.42. The summed E-state index contributed by atoms with van der Waals surface area (Å²) in [5.74, 6) is 1.22. The number of ether oxygens (including phenoxy) is 1. The SMILES string of the molecule is COCC(=O)Nc1cccnc1-n1ccnc1C. The highest BCUT2D eigenvalue weighted by Gasteiger charge is 2.10. The van der Waals surface area contributed by atoms with E-state index < -0.39 is 0 Å². The molecule has 0 aliphatic carbocycles. The zero-order valence-electron chi connectivity index (χ0n) is 10.3. The second-order valence-electron chi connectivity index (χ2n) is 3.70. The Morgan fingerprint density at radius 3 is 2.94 bits per heavy atom. The van der Waals surface area contributed by atoms with Crippen molar-refractivity contribution in [3.8, 4) is 5.82 Å². The third kappa shape index (κ3) is 2.54. The first-order valence-electron chi connectivity index (χ1n) is 5.46. The lowest BCUT2D eigenvalue weighted by atomic mass is 10.3. The summed E-state index contributed by atoms with van der Waals surface area (Å²) in [6.07, 6.45) is 5.15. The quantitative estimate of drug-likeness (QED) is 0.879. The summed E-state index contributed by atoms with van der Waals surface area (Å²) in [5, 5.41) is 2.75. The lowest BCUT2D eigenvalue weighted by Crippen LogP contribution is -2.18. The number of amides is 1. The summed E-state index contributed by atoms with van der Waals surface area (Å²) < 4.78 is 6.59. The van der Waals surface area contributed by atoms with Crippen molar-refractivity contribution in [2.45, 2.75) is 6.92 Å². The van der Waals surface area contributed by atoms with Gasteiger partial charge in [0.15, 0.2) is 5.82 Å². The van der Waals surface area contributed by atoms with Gasteiger partial charge >= 0.3 is 0 Å². The molecular weight excluding hydrogens is 232 g/mol. The van der Waals surface area contributed by atoms with Crippen LogP contribution < -0.4 is 5.32 Å². The lowest BCUT2D eigenvalue weighted by molar-refractivity contribution is -0.119. The molecule has 2 rings (SSSR count). The zero-order valence-corrected chi connectivity index (χ0v) is 10.3. The molecule has 18 heavy (non-hydrogen) atoms. The van der Waals surface area contributed by atoms with Gasteiger partial charge in [-0.15, -0.1) is 0 Å². The Morgan fingerprint density at radius 2 is 2.28 bits per heavy atom. The first-order valence-corrected chi connectivity index (χ1v) is 5.46. The standard InChI is InChI=1S/C12H14N4O2/c1-9-13-6-7-16(9)12-10(4-3-5-14-12)15-11(17)8-18-2/h3-7H,8H2,1-2H3,(H,15,17). The number of anilines is 1. The van der Waals surface area contributed by atoms with Gasteiger partial charge in [-0.05, 0) is 19.1 Å². The van der Waals surface area contributed by atoms with Crippen molar-refractivity contribution in [2.75, 3.05) is 19.0 Å². The van der Waals surface area contributed by atoms with E-state index in [9.17, 15) is 4.79 Å². The summed E-state index contributed by atoms with van der Waals surface area (Å²) in [7, 11) is 1.48. The molecule has 6 heteroatoms. The van der Waals surface area contributed by atoms with E-state index in [4.69, 9.17) is 4.74 Å². The van der Waals surface area contributed by atoms with Gasteiger partial charge in [0.1, 0.15) is 12.4 Å². The normalized spacial score (nSPS) is 10.3. The highest BCUT2D eigenvalue weighted by molar-refractivity contribution is 5.93. The van der Waals surface area contributed by atoms with Crippen LogP contribution in [-0.4, -0.2) is 34.2 Å². The maximum atomic E-state index is 11.5. The van der Waals surface area contributed by atoms with Gasteiger partial charge < -0.3 is 10.1 Å². The number of aromatic nitrogens is 3. The van der Waals surface area contributed by atoms with Gasteiger partial charge in [-0.2, -0.15) is 0 Å². The third-order valence-electron chi connectivity index (χ3n) is 2.39. The van der Waals surface area contributed by atoms with Gasteiger partial charge in [-0.25, -0.2) is 9.97 Å². The fraction of sp³-hybridized carbons (Fsp3) is 0.250. The fourth-order valence-corrected chi connectivity index (χ4v) is 1.61. The summed E-state index contributed by atoms with van der Waals surface area (Å²) in [4.78, 5) is 19.9. The molecule has 0 atom stereocenters. The summed E-state index contributed by atoms with van der Waals surface area (Å²) in [6, 6.07) is 3.55. The minimum atomic E-state index is -0.218. The average Bonchev–Trinajstić information content (AvgIpc) is 2.76. The van der Waals surface area contributed by atoms with Crippen molar-refractivity contribution in [1.29, 1.82) is 0 Å². The number of hydrogen-bond donors (Lipinski definition) is 1. The molecule has 1 amide bonds. The zero-order chi connectivity index (χ0) is 13.0. The van der Waals surface area contributed by atoms with Crippen molar-refractivity contribution in [2.24, 2.45) is 0 Å². The van der Waals surface area contributed by atoms with Crippen LogP contribution in [0.5, 0.6) is 0 Å². The molecule has 1 N–H and O–H groups in total. The Balaban J connectivity index is 2.32. The molecule has 0 fully saturated rings. The molecular formula is C12H14N4O2. The summed E-state index contributed by atoms with van der Waals surface area (Å²) >= 11 is 0. The Hall–Kier alpha value is -2.21. The van der Waals surface area contributed by atoms with Crippen LogP contribution in [0.1, 0.15) is 5.82 Å². The van der Waals surface area contributed by atoms with Crippen molar-refractivity contribution in [3.05, 3.63) is 36.5 Å².